The van der Waals surface area contributed by atoms with Crippen LogP contribution in [0, 0.1) is 0 Å². The Hall–Kier alpha value is -1.06. The second kappa shape index (κ2) is 21.6. The van der Waals surface area contributed by atoms with E-state index in [1.807, 2.05) is 6.92 Å². The van der Waals surface area contributed by atoms with E-state index in [1.165, 1.54) is 70.6 Å². The Morgan fingerprint density at radius 2 is 1.07 bits per heavy atom. The van der Waals surface area contributed by atoms with E-state index < -0.39 is 11.9 Å². The normalized spacial score (nSPS) is 12.0. The van der Waals surface area contributed by atoms with Gasteiger partial charge in [0.15, 0.2) is 0 Å². The van der Waals surface area contributed by atoms with Gasteiger partial charge in [0, 0.05) is 0 Å². The van der Waals surface area contributed by atoms with Gasteiger partial charge in [-0.1, -0.05) is 104 Å². The van der Waals surface area contributed by atoms with E-state index in [0.29, 0.717) is 6.61 Å². The zero-order valence-corrected chi connectivity index (χ0v) is 19.6. The highest BCUT2D eigenvalue weighted by Gasteiger charge is 2.15. The van der Waals surface area contributed by atoms with E-state index in [1.54, 1.807) is 0 Å². The molecule has 0 aromatic rings. The third-order valence-corrected chi connectivity index (χ3v) is 5.35. The zero-order valence-electron chi connectivity index (χ0n) is 19.6. The summed E-state index contributed by atoms with van der Waals surface area (Å²) < 4.78 is 10.4. The molecule has 0 aromatic carbocycles. The van der Waals surface area contributed by atoms with Crippen molar-refractivity contribution in [3.05, 3.63) is 0 Å². The molecule has 1 atom stereocenters. The summed E-state index contributed by atoms with van der Waals surface area (Å²) in [4.78, 5) is 23.4. The van der Waals surface area contributed by atoms with Crippen LogP contribution in [0.25, 0.3) is 0 Å². The van der Waals surface area contributed by atoms with Gasteiger partial charge in [0.1, 0.15) is 6.42 Å². The smallest absolute Gasteiger partial charge is 0.317 e. The third-order valence-electron chi connectivity index (χ3n) is 5.35. The summed E-state index contributed by atoms with van der Waals surface area (Å²) in [7, 11) is 0. The minimum absolute atomic E-state index is 0.122. The summed E-state index contributed by atoms with van der Waals surface area (Å²) in [6, 6.07) is 0. The molecule has 172 valence electrons. The lowest BCUT2D eigenvalue weighted by Gasteiger charge is -2.12. The first-order valence-electron chi connectivity index (χ1n) is 12.4. The molecule has 0 saturated heterocycles. The Morgan fingerprint density at radius 3 is 1.59 bits per heavy atom. The van der Waals surface area contributed by atoms with Crippen LogP contribution in [0.2, 0.25) is 0 Å². The highest BCUT2D eigenvalue weighted by Crippen LogP contribution is 2.12. The number of carbonyl (C=O) groups is 2. The molecule has 0 aromatic heterocycles. The molecule has 0 bridgehead atoms. The van der Waals surface area contributed by atoms with Crippen LogP contribution >= 0.6 is 0 Å². The molecule has 0 aliphatic carbocycles. The molecule has 0 fully saturated rings. The first-order chi connectivity index (χ1) is 14.1. The van der Waals surface area contributed by atoms with Crippen LogP contribution in [-0.4, -0.2) is 24.6 Å². The Labute approximate surface area is 180 Å². The van der Waals surface area contributed by atoms with Crippen LogP contribution in [0.4, 0.5) is 0 Å². The molecule has 0 spiro atoms. The summed E-state index contributed by atoms with van der Waals surface area (Å²) >= 11 is 0. The molecule has 1 unspecified atom stereocenters. The Kier molecular flexibility index (Phi) is 20.9. The van der Waals surface area contributed by atoms with Crippen LogP contribution in [0.1, 0.15) is 136 Å². The highest BCUT2D eigenvalue weighted by atomic mass is 16.6. The number of esters is 2. The maximum absolute atomic E-state index is 11.7. The zero-order chi connectivity index (χ0) is 21.6. The van der Waals surface area contributed by atoms with E-state index >= 15 is 0 Å². The lowest BCUT2D eigenvalue weighted by atomic mass is 10.0. The fourth-order valence-corrected chi connectivity index (χ4v) is 3.48. The predicted molar refractivity (Wildman–Crippen MR) is 121 cm³/mol. The van der Waals surface area contributed by atoms with Gasteiger partial charge >= 0.3 is 11.9 Å². The largest absolute Gasteiger partial charge is 0.465 e. The molecular weight excluding hydrogens is 364 g/mol. The molecule has 0 N–H and O–H groups in total. The van der Waals surface area contributed by atoms with Gasteiger partial charge in [-0.15, -0.1) is 0 Å². The second-order valence-electron chi connectivity index (χ2n) is 8.44. The van der Waals surface area contributed by atoms with Crippen LogP contribution in [0.3, 0.4) is 0 Å². The van der Waals surface area contributed by atoms with Crippen molar-refractivity contribution in [2.24, 2.45) is 0 Å². The van der Waals surface area contributed by atoms with Crippen LogP contribution in [0.5, 0.6) is 0 Å². The van der Waals surface area contributed by atoms with Gasteiger partial charge in [0.05, 0.1) is 12.7 Å². The van der Waals surface area contributed by atoms with Crippen LogP contribution in [0.15, 0.2) is 0 Å². The molecule has 0 aliphatic heterocycles. The quantitative estimate of drug-likeness (QED) is 0.111. The first kappa shape index (κ1) is 27.9. The topological polar surface area (TPSA) is 52.6 Å². The second-order valence-corrected chi connectivity index (χ2v) is 8.44. The molecule has 0 aliphatic rings. The van der Waals surface area contributed by atoms with Crippen molar-refractivity contribution < 1.29 is 19.1 Å². The van der Waals surface area contributed by atoms with Gasteiger partial charge in [0.25, 0.3) is 0 Å². The maximum atomic E-state index is 11.7. The Morgan fingerprint density at radius 1 is 0.621 bits per heavy atom. The lowest BCUT2D eigenvalue weighted by Crippen LogP contribution is -2.19. The molecule has 0 heterocycles. The highest BCUT2D eigenvalue weighted by molar-refractivity contribution is 5.91. The predicted octanol–water partition coefficient (Wildman–Crippen LogP) is 7.52. The monoisotopic (exact) mass is 412 g/mol. The lowest BCUT2D eigenvalue weighted by molar-refractivity contribution is -0.157. The number of carbonyl (C=O) groups excluding carboxylic acids is 2. The number of ether oxygens (including phenoxy) is 2. The summed E-state index contributed by atoms with van der Waals surface area (Å²) in [5, 5.41) is 0. The van der Waals surface area contributed by atoms with Crippen molar-refractivity contribution in [2.45, 2.75) is 142 Å². The number of hydrogen-bond donors (Lipinski definition) is 0. The Balaban J connectivity index is 3.37. The molecule has 0 saturated carbocycles. The fourth-order valence-electron chi connectivity index (χ4n) is 3.48. The standard InChI is InChI=1S/C25H48O4/c1-4-6-8-9-10-11-12-13-14-15-16-17-19-21-28-24(26)22-25(27)29-23(3)20-18-7-5-2/h23H,4-22H2,1-3H3. The summed E-state index contributed by atoms with van der Waals surface area (Å²) in [5.41, 5.74) is 0. The van der Waals surface area contributed by atoms with Gasteiger partial charge in [0.2, 0.25) is 0 Å². The number of rotatable bonds is 21. The summed E-state index contributed by atoms with van der Waals surface area (Å²) in [6.07, 6.45) is 20.6. The minimum atomic E-state index is -0.468. The first-order valence-corrected chi connectivity index (χ1v) is 12.4. The van der Waals surface area contributed by atoms with Crippen LogP contribution < -0.4 is 0 Å². The molecule has 4 nitrogen and oxygen atoms in total. The van der Waals surface area contributed by atoms with Crippen molar-refractivity contribution in [3.63, 3.8) is 0 Å². The van der Waals surface area contributed by atoms with Crippen molar-refractivity contribution in [2.75, 3.05) is 6.61 Å². The molecule has 4 heteroatoms. The number of unbranched alkanes of at least 4 members (excludes halogenated alkanes) is 14. The maximum Gasteiger partial charge on any atom is 0.317 e. The number of hydrogen-bond acceptors (Lipinski definition) is 4. The molecule has 0 rings (SSSR count). The SMILES string of the molecule is CCCCCCCCCCCCCCCOC(=O)CC(=O)OC(C)CCCCC. The fraction of sp³-hybridized carbons (Fsp3) is 0.920. The van der Waals surface area contributed by atoms with Gasteiger partial charge in [-0.3, -0.25) is 9.59 Å². The van der Waals surface area contributed by atoms with Crippen LogP contribution in [-0.2, 0) is 19.1 Å². The van der Waals surface area contributed by atoms with E-state index in [9.17, 15) is 9.59 Å². The van der Waals surface area contributed by atoms with E-state index in [0.717, 1.165) is 38.5 Å². The van der Waals surface area contributed by atoms with E-state index in [2.05, 4.69) is 13.8 Å². The summed E-state index contributed by atoms with van der Waals surface area (Å²) in [5.74, 6) is -0.931. The molecule has 29 heavy (non-hydrogen) atoms. The van der Waals surface area contributed by atoms with E-state index in [-0.39, 0.29) is 12.5 Å². The third kappa shape index (κ3) is 21.5. The van der Waals surface area contributed by atoms with Crippen molar-refractivity contribution in [1.29, 1.82) is 0 Å². The van der Waals surface area contributed by atoms with Crippen molar-refractivity contribution in [1.82, 2.24) is 0 Å². The average Bonchev–Trinajstić information content (AvgIpc) is 2.68. The van der Waals surface area contributed by atoms with Gasteiger partial charge < -0.3 is 9.47 Å². The van der Waals surface area contributed by atoms with Gasteiger partial charge in [-0.2, -0.15) is 0 Å². The molecule has 0 radical (unpaired) electrons. The minimum Gasteiger partial charge on any atom is -0.465 e. The van der Waals surface area contributed by atoms with Crippen molar-refractivity contribution >= 4 is 11.9 Å². The van der Waals surface area contributed by atoms with Crippen molar-refractivity contribution in [3.8, 4) is 0 Å². The van der Waals surface area contributed by atoms with Gasteiger partial charge in [-0.05, 0) is 26.2 Å². The average molecular weight is 413 g/mol. The van der Waals surface area contributed by atoms with E-state index in [4.69, 9.17) is 9.47 Å². The van der Waals surface area contributed by atoms with Gasteiger partial charge in [-0.25, -0.2) is 0 Å². The molecular formula is C25H48O4. The Bertz CT molecular complexity index is 381. The molecule has 0 amide bonds. The summed E-state index contributed by atoms with van der Waals surface area (Å²) in [6.45, 7) is 6.70.